The Balaban J connectivity index is 2.57. The Morgan fingerprint density at radius 3 is 2.38 bits per heavy atom. The van der Waals surface area contributed by atoms with Gasteiger partial charge in [-0.15, -0.1) is 0 Å². The van der Waals surface area contributed by atoms with Crippen LogP contribution in [0.15, 0.2) is 0 Å². The Kier molecular flexibility index (Phi) is 2.89. The van der Waals surface area contributed by atoms with Gasteiger partial charge in [0, 0.05) is 6.54 Å². The Morgan fingerprint density at radius 1 is 1.54 bits per heavy atom. The molecule has 1 fully saturated rings. The van der Waals surface area contributed by atoms with Gasteiger partial charge in [-0.3, -0.25) is 4.79 Å². The molecule has 6 nitrogen and oxygen atoms in total. The van der Waals surface area contributed by atoms with Gasteiger partial charge in [-0.05, 0) is 18.8 Å². The number of hydrogen-bond acceptors (Lipinski definition) is 3. The van der Waals surface area contributed by atoms with Crippen LogP contribution in [-0.2, 0) is 15.0 Å². The van der Waals surface area contributed by atoms with Crippen molar-refractivity contribution in [3.05, 3.63) is 0 Å². The number of rotatable bonds is 5. The Bertz CT molecular complexity index is 296. The number of carboxylic acid groups (broad SMARTS) is 1. The molecule has 0 amide bonds. The lowest BCUT2D eigenvalue weighted by Gasteiger charge is -2.16. The minimum atomic E-state index is -3.86. The van der Waals surface area contributed by atoms with E-state index in [0.717, 1.165) is 17.1 Å². The van der Waals surface area contributed by atoms with E-state index in [1.807, 2.05) is 0 Å². The number of nitrogens with zero attached hydrogens (tertiary/aromatic N) is 1. The second-order valence-corrected chi connectivity index (χ2v) is 4.72. The molecule has 13 heavy (non-hydrogen) atoms. The molecule has 0 aromatic carbocycles. The fourth-order valence-electron chi connectivity index (χ4n) is 0.998. The van der Waals surface area contributed by atoms with Crippen LogP contribution < -0.4 is 5.14 Å². The van der Waals surface area contributed by atoms with Gasteiger partial charge in [0.15, 0.2) is 0 Å². The van der Waals surface area contributed by atoms with E-state index in [2.05, 4.69) is 0 Å². The molecule has 0 aromatic heterocycles. The van der Waals surface area contributed by atoms with Crippen LogP contribution in [0, 0.1) is 5.92 Å². The molecule has 3 N–H and O–H groups in total. The van der Waals surface area contributed by atoms with Crippen LogP contribution in [-0.4, -0.2) is 36.9 Å². The standard InChI is InChI=1S/C6H12N2O4S/c7-13(11,12)8(4-6(9)10)3-5-1-2-5/h5H,1-4H2,(H,9,10)(H2,7,11,12). The first-order valence-electron chi connectivity index (χ1n) is 3.89. The summed E-state index contributed by atoms with van der Waals surface area (Å²) in [6.45, 7) is -0.319. The monoisotopic (exact) mass is 208 g/mol. The lowest BCUT2D eigenvalue weighted by atomic mass is 10.4. The molecule has 0 bridgehead atoms. The van der Waals surface area contributed by atoms with Gasteiger partial charge >= 0.3 is 5.97 Å². The molecule has 7 heteroatoms. The minimum absolute atomic E-state index is 0.227. The molecule has 0 aromatic rings. The molecule has 1 rings (SSSR count). The third-order valence-electron chi connectivity index (χ3n) is 1.83. The van der Waals surface area contributed by atoms with Gasteiger partial charge in [-0.1, -0.05) is 0 Å². The van der Waals surface area contributed by atoms with Crippen LogP contribution >= 0.6 is 0 Å². The highest BCUT2D eigenvalue weighted by atomic mass is 32.2. The molecule has 1 aliphatic rings. The van der Waals surface area contributed by atoms with Crippen LogP contribution in [0.1, 0.15) is 12.8 Å². The molecule has 0 unspecified atom stereocenters. The number of carboxylic acids is 1. The first-order chi connectivity index (χ1) is 5.89. The summed E-state index contributed by atoms with van der Waals surface area (Å²) in [7, 11) is -3.86. The van der Waals surface area contributed by atoms with Crippen LogP contribution in [0.3, 0.4) is 0 Å². The van der Waals surface area contributed by atoms with E-state index < -0.39 is 22.7 Å². The molecule has 0 radical (unpaired) electrons. The molecule has 1 aliphatic carbocycles. The van der Waals surface area contributed by atoms with Crippen LogP contribution in [0.4, 0.5) is 0 Å². The second kappa shape index (κ2) is 3.60. The Morgan fingerprint density at radius 2 is 2.08 bits per heavy atom. The summed E-state index contributed by atoms with van der Waals surface area (Å²) >= 11 is 0. The average molecular weight is 208 g/mol. The van der Waals surface area contributed by atoms with E-state index in [1.54, 1.807) is 0 Å². The summed E-state index contributed by atoms with van der Waals surface area (Å²) in [5.41, 5.74) is 0. The average Bonchev–Trinajstić information content (AvgIpc) is 2.66. The van der Waals surface area contributed by atoms with Gasteiger partial charge < -0.3 is 5.11 Å². The van der Waals surface area contributed by atoms with Gasteiger partial charge in [0.05, 0.1) is 0 Å². The third-order valence-corrected chi connectivity index (χ3v) is 2.83. The normalized spacial score (nSPS) is 17.7. The van der Waals surface area contributed by atoms with E-state index in [-0.39, 0.29) is 12.5 Å². The topological polar surface area (TPSA) is 101 Å². The molecule has 0 heterocycles. The predicted molar refractivity (Wildman–Crippen MR) is 45.0 cm³/mol. The fraction of sp³-hybridized carbons (Fsp3) is 0.833. The number of nitrogens with two attached hydrogens (primary N) is 1. The molecule has 0 atom stereocenters. The quantitative estimate of drug-likeness (QED) is 0.604. The molecule has 76 valence electrons. The van der Waals surface area contributed by atoms with Crippen molar-refractivity contribution in [1.29, 1.82) is 0 Å². The van der Waals surface area contributed by atoms with Gasteiger partial charge in [-0.25, -0.2) is 5.14 Å². The molecule has 0 spiro atoms. The smallest absolute Gasteiger partial charge is 0.318 e. The molecular weight excluding hydrogens is 196 g/mol. The van der Waals surface area contributed by atoms with E-state index >= 15 is 0 Å². The highest BCUT2D eigenvalue weighted by Gasteiger charge is 2.29. The van der Waals surface area contributed by atoms with Crippen molar-refractivity contribution in [2.45, 2.75) is 12.8 Å². The molecular formula is C6H12N2O4S. The summed E-state index contributed by atoms with van der Waals surface area (Å²) < 4.78 is 22.5. The minimum Gasteiger partial charge on any atom is -0.480 e. The van der Waals surface area contributed by atoms with Gasteiger partial charge in [0.25, 0.3) is 10.2 Å². The second-order valence-electron chi connectivity index (χ2n) is 3.17. The first-order valence-corrected chi connectivity index (χ1v) is 5.39. The van der Waals surface area contributed by atoms with Crippen molar-refractivity contribution >= 4 is 16.2 Å². The summed E-state index contributed by atoms with van der Waals surface area (Å²) in [4.78, 5) is 10.3. The van der Waals surface area contributed by atoms with Crippen LogP contribution in [0.5, 0.6) is 0 Å². The zero-order valence-corrected chi connectivity index (χ0v) is 7.83. The summed E-state index contributed by atoms with van der Waals surface area (Å²) in [5.74, 6) is -0.896. The van der Waals surface area contributed by atoms with E-state index in [4.69, 9.17) is 10.2 Å². The summed E-state index contributed by atoms with van der Waals surface area (Å²) in [6, 6.07) is 0. The maximum atomic E-state index is 10.9. The van der Waals surface area contributed by atoms with Crippen LogP contribution in [0.25, 0.3) is 0 Å². The van der Waals surface area contributed by atoms with Crippen molar-refractivity contribution < 1.29 is 18.3 Å². The Hall–Kier alpha value is -0.660. The summed E-state index contributed by atoms with van der Waals surface area (Å²) in [6.07, 6.45) is 1.90. The van der Waals surface area contributed by atoms with Crippen molar-refractivity contribution in [3.8, 4) is 0 Å². The van der Waals surface area contributed by atoms with E-state index in [1.165, 1.54) is 0 Å². The van der Waals surface area contributed by atoms with Gasteiger partial charge in [0.1, 0.15) is 6.54 Å². The van der Waals surface area contributed by atoms with Crippen molar-refractivity contribution in [2.24, 2.45) is 11.1 Å². The molecule has 0 aliphatic heterocycles. The van der Waals surface area contributed by atoms with Gasteiger partial charge in [0.2, 0.25) is 0 Å². The first kappa shape index (κ1) is 10.4. The van der Waals surface area contributed by atoms with E-state index in [9.17, 15) is 13.2 Å². The van der Waals surface area contributed by atoms with Crippen LogP contribution in [0.2, 0.25) is 0 Å². The third kappa shape index (κ3) is 3.71. The lowest BCUT2D eigenvalue weighted by molar-refractivity contribution is -0.137. The van der Waals surface area contributed by atoms with Crippen molar-refractivity contribution in [1.82, 2.24) is 4.31 Å². The maximum Gasteiger partial charge on any atom is 0.318 e. The highest BCUT2D eigenvalue weighted by Crippen LogP contribution is 2.29. The Labute approximate surface area is 76.5 Å². The maximum absolute atomic E-state index is 10.9. The largest absolute Gasteiger partial charge is 0.480 e. The number of hydrogen-bond donors (Lipinski definition) is 2. The molecule has 1 saturated carbocycles. The van der Waals surface area contributed by atoms with Crippen molar-refractivity contribution in [3.63, 3.8) is 0 Å². The summed E-state index contributed by atoms with van der Waals surface area (Å²) in [5, 5.41) is 13.3. The number of carbonyl (C=O) groups is 1. The highest BCUT2D eigenvalue weighted by molar-refractivity contribution is 7.86. The molecule has 0 saturated heterocycles. The van der Waals surface area contributed by atoms with Gasteiger partial charge in [-0.2, -0.15) is 12.7 Å². The lowest BCUT2D eigenvalue weighted by Crippen LogP contribution is -2.41. The van der Waals surface area contributed by atoms with Crippen molar-refractivity contribution in [2.75, 3.05) is 13.1 Å². The predicted octanol–water partition coefficient (Wildman–Crippen LogP) is -1.01. The van der Waals surface area contributed by atoms with E-state index in [0.29, 0.717) is 0 Å². The zero-order chi connectivity index (χ0) is 10.1. The SMILES string of the molecule is NS(=O)(=O)N(CC(=O)O)CC1CC1. The fourth-order valence-corrected chi connectivity index (χ4v) is 1.71. The zero-order valence-electron chi connectivity index (χ0n) is 7.01. The number of aliphatic carboxylic acids is 1.